The molecule has 3 rings (SSSR count). The Labute approximate surface area is 99.6 Å². The van der Waals surface area contributed by atoms with E-state index in [-0.39, 0.29) is 0 Å². The maximum absolute atomic E-state index is 9.96. The van der Waals surface area contributed by atoms with Crippen molar-refractivity contribution in [3.63, 3.8) is 0 Å². The minimum Gasteiger partial charge on any atom is -0.506 e. The molecule has 1 aromatic heterocycles. The van der Waals surface area contributed by atoms with Crippen LogP contribution in [0.1, 0.15) is 17.0 Å². The Morgan fingerprint density at radius 2 is 2.35 bits per heavy atom. The zero-order valence-electron chi connectivity index (χ0n) is 10.0. The summed E-state index contributed by atoms with van der Waals surface area (Å²) in [6, 6.07) is 1.79. The van der Waals surface area contributed by atoms with E-state index in [0.717, 1.165) is 28.7 Å². The molecular formula is C13H16N2O2. The van der Waals surface area contributed by atoms with Crippen molar-refractivity contribution in [2.45, 2.75) is 12.8 Å². The second kappa shape index (κ2) is 3.67. The second-order valence-corrected chi connectivity index (χ2v) is 4.61. The number of phenols is 1. The zero-order chi connectivity index (χ0) is 12.0. The molecule has 1 unspecified atom stereocenters. The average Bonchev–Trinajstić information content (AvgIpc) is 2.85. The molecule has 2 heterocycles. The molecular weight excluding hydrogens is 216 g/mol. The third kappa shape index (κ3) is 1.41. The molecule has 4 nitrogen and oxygen atoms in total. The zero-order valence-corrected chi connectivity index (χ0v) is 10.0. The molecule has 1 aliphatic heterocycles. The Bertz CT molecular complexity index is 574. The first kappa shape index (κ1) is 10.5. The number of aryl methyl sites for hydroxylation is 1. The first-order valence-corrected chi connectivity index (χ1v) is 5.78. The number of anilines is 1. The van der Waals surface area contributed by atoms with Crippen molar-refractivity contribution in [1.82, 2.24) is 4.98 Å². The Hall–Kier alpha value is -1.68. The van der Waals surface area contributed by atoms with Crippen LogP contribution in [0.15, 0.2) is 12.3 Å². The average molecular weight is 232 g/mol. The molecule has 0 aliphatic carbocycles. The lowest BCUT2D eigenvalue weighted by Crippen LogP contribution is -2.08. The summed E-state index contributed by atoms with van der Waals surface area (Å²) in [7, 11) is 1.72. The lowest BCUT2D eigenvalue weighted by atomic mass is 9.96. The van der Waals surface area contributed by atoms with Crippen molar-refractivity contribution in [3.05, 3.63) is 23.4 Å². The van der Waals surface area contributed by atoms with E-state index in [4.69, 9.17) is 4.74 Å². The molecule has 1 atom stereocenters. The summed E-state index contributed by atoms with van der Waals surface area (Å²) in [6.07, 6.45) is 1.94. The van der Waals surface area contributed by atoms with Gasteiger partial charge in [0, 0.05) is 42.9 Å². The van der Waals surface area contributed by atoms with Crippen LogP contribution in [0.5, 0.6) is 5.75 Å². The van der Waals surface area contributed by atoms with E-state index < -0.39 is 0 Å². The number of rotatable bonds is 2. The van der Waals surface area contributed by atoms with Crippen molar-refractivity contribution < 1.29 is 9.84 Å². The number of nitrogens with one attached hydrogen (secondary N) is 2. The van der Waals surface area contributed by atoms with Gasteiger partial charge in [-0.3, -0.25) is 0 Å². The van der Waals surface area contributed by atoms with Gasteiger partial charge in [-0.05, 0) is 18.1 Å². The maximum Gasteiger partial charge on any atom is 0.141 e. The number of hydrogen-bond donors (Lipinski definition) is 3. The predicted molar refractivity (Wildman–Crippen MR) is 67.8 cm³/mol. The van der Waals surface area contributed by atoms with Gasteiger partial charge in [-0.1, -0.05) is 0 Å². The summed E-state index contributed by atoms with van der Waals surface area (Å²) in [4.78, 5) is 3.13. The van der Waals surface area contributed by atoms with Crippen molar-refractivity contribution >= 4 is 16.6 Å². The van der Waals surface area contributed by atoms with Gasteiger partial charge in [-0.2, -0.15) is 0 Å². The fraction of sp³-hybridized carbons (Fsp3) is 0.385. The third-order valence-electron chi connectivity index (χ3n) is 3.49. The molecule has 4 heteroatoms. The highest BCUT2D eigenvalue weighted by Crippen LogP contribution is 2.42. The lowest BCUT2D eigenvalue weighted by molar-refractivity contribution is 0.184. The highest BCUT2D eigenvalue weighted by molar-refractivity contribution is 5.96. The molecule has 0 spiro atoms. The summed E-state index contributed by atoms with van der Waals surface area (Å²) in [5.41, 5.74) is 4.28. The van der Waals surface area contributed by atoms with Crippen LogP contribution in [0.4, 0.5) is 5.69 Å². The molecule has 0 fully saturated rings. The Balaban J connectivity index is 2.28. The first-order chi connectivity index (χ1) is 8.22. The first-order valence-electron chi connectivity index (χ1n) is 5.78. The van der Waals surface area contributed by atoms with E-state index in [9.17, 15) is 5.11 Å². The summed E-state index contributed by atoms with van der Waals surface area (Å²) in [5.74, 6) is 0.657. The highest BCUT2D eigenvalue weighted by Gasteiger charge is 2.27. The van der Waals surface area contributed by atoms with E-state index in [2.05, 4.69) is 17.2 Å². The normalized spacial score (nSPS) is 18.4. The molecule has 1 aliphatic rings. The molecule has 0 saturated carbocycles. The minimum atomic E-state index is 0.303. The molecule has 0 amide bonds. The third-order valence-corrected chi connectivity index (χ3v) is 3.49. The molecule has 2 aromatic rings. The van der Waals surface area contributed by atoms with Gasteiger partial charge in [-0.15, -0.1) is 0 Å². The summed E-state index contributed by atoms with van der Waals surface area (Å²) >= 11 is 0. The monoisotopic (exact) mass is 232 g/mol. The minimum absolute atomic E-state index is 0.303. The van der Waals surface area contributed by atoms with Crippen molar-refractivity contribution in [2.75, 3.05) is 25.6 Å². The molecule has 17 heavy (non-hydrogen) atoms. The number of methoxy groups -OCH3 is 1. The van der Waals surface area contributed by atoms with E-state index in [1.165, 1.54) is 5.56 Å². The summed E-state index contributed by atoms with van der Waals surface area (Å²) in [6.45, 7) is 3.62. The summed E-state index contributed by atoms with van der Waals surface area (Å²) in [5, 5.41) is 14.4. The molecule has 0 bridgehead atoms. The van der Waals surface area contributed by atoms with Gasteiger partial charge in [0.05, 0.1) is 12.1 Å². The SMILES string of the molecule is COCC1CNc2cc(O)c3[nH]cc(C)c3c21. The predicted octanol–water partition coefficient (Wildman–Crippen LogP) is 2.34. The van der Waals surface area contributed by atoms with Crippen LogP contribution >= 0.6 is 0 Å². The standard InChI is InChI=1S/C13H16N2O2/c1-7-4-15-13-10(16)3-9-12(11(7)13)8(5-14-9)6-17-2/h3-4,8,14-16H,5-6H2,1-2H3. The van der Waals surface area contributed by atoms with Crippen LogP contribution < -0.4 is 5.32 Å². The molecule has 0 saturated heterocycles. The van der Waals surface area contributed by atoms with Crippen molar-refractivity contribution in [2.24, 2.45) is 0 Å². The number of benzene rings is 1. The fourth-order valence-electron chi connectivity index (χ4n) is 2.74. The number of aromatic hydroxyl groups is 1. The van der Waals surface area contributed by atoms with Crippen LogP contribution in [0, 0.1) is 6.92 Å². The van der Waals surface area contributed by atoms with Crippen LogP contribution in [-0.2, 0) is 4.74 Å². The number of ether oxygens (including phenoxy) is 1. The molecule has 0 radical (unpaired) electrons. The van der Waals surface area contributed by atoms with Crippen molar-refractivity contribution in [1.29, 1.82) is 0 Å². The van der Waals surface area contributed by atoms with E-state index in [0.29, 0.717) is 18.3 Å². The van der Waals surface area contributed by atoms with Crippen LogP contribution in [0.3, 0.4) is 0 Å². The van der Waals surface area contributed by atoms with Crippen LogP contribution in [0.25, 0.3) is 10.9 Å². The fourth-order valence-corrected chi connectivity index (χ4v) is 2.74. The number of H-pyrrole nitrogens is 1. The van der Waals surface area contributed by atoms with Gasteiger partial charge >= 0.3 is 0 Å². The summed E-state index contributed by atoms with van der Waals surface area (Å²) < 4.78 is 5.27. The smallest absolute Gasteiger partial charge is 0.141 e. The van der Waals surface area contributed by atoms with Gasteiger partial charge in [-0.25, -0.2) is 0 Å². The van der Waals surface area contributed by atoms with E-state index in [1.807, 2.05) is 6.20 Å². The Morgan fingerprint density at radius 3 is 3.12 bits per heavy atom. The van der Waals surface area contributed by atoms with Crippen LogP contribution in [-0.4, -0.2) is 30.4 Å². The Morgan fingerprint density at radius 1 is 1.53 bits per heavy atom. The van der Waals surface area contributed by atoms with E-state index >= 15 is 0 Å². The largest absolute Gasteiger partial charge is 0.506 e. The lowest BCUT2D eigenvalue weighted by Gasteiger charge is -2.11. The van der Waals surface area contributed by atoms with Gasteiger partial charge in [0.1, 0.15) is 5.75 Å². The van der Waals surface area contributed by atoms with Gasteiger partial charge in [0.25, 0.3) is 0 Å². The number of aromatic amines is 1. The molecule has 90 valence electrons. The number of phenolic OH excluding ortho intramolecular Hbond substituents is 1. The van der Waals surface area contributed by atoms with Crippen molar-refractivity contribution in [3.8, 4) is 5.75 Å². The second-order valence-electron chi connectivity index (χ2n) is 4.61. The Kier molecular flexibility index (Phi) is 2.26. The van der Waals surface area contributed by atoms with E-state index in [1.54, 1.807) is 13.2 Å². The topological polar surface area (TPSA) is 57.3 Å². The number of hydrogen-bond acceptors (Lipinski definition) is 3. The molecule has 1 aromatic carbocycles. The van der Waals surface area contributed by atoms with Gasteiger partial charge in [0.15, 0.2) is 0 Å². The van der Waals surface area contributed by atoms with Gasteiger partial charge in [0.2, 0.25) is 0 Å². The number of fused-ring (bicyclic) bond motifs is 3. The van der Waals surface area contributed by atoms with Crippen LogP contribution in [0.2, 0.25) is 0 Å². The number of aromatic nitrogens is 1. The highest BCUT2D eigenvalue weighted by atomic mass is 16.5. The molecule has 3 N–H and O–H groups in total. The quantitative estimate of drug-likeness (QED) is 0.745. The maximum atomic E-state index is 9.96. The van der Waals surface area contributed by atoms with Gasteiger partial charge < -0.3 is 20.1 Å².